The summed E-state index contributed by atoms with van der Waals surface area (Å²) in [7, 11) is -1.02. The van der Waals surface area contributed by atoms with Gasteiger partial charge < -0.3 is 13.9 Å². The second kappa shape index (κ2) is 7.95. The summed E-state index contributed by atoms with van der Waals surface area (Å²) in [6.45, 7) is 0.0223. The molecule has 0 aliphatic heterocycles. The third-order valence-electron chi connectivity index (χ3n) is 3.20. The molecule has 9 heteroatoms. The second-order valence-electron chi connectivity index (χ2n) is 4.73. The van der Waals surface area contributed by atoms with Gasteiger partial charge in [-0.3, -0.25) is 5.32 Å². The molecular weight excluding hydrogens is 336 g/mol. The highest BCUT2D eigenvalue weighted by Crippen LogP contribution is 2.18. The predicted octanol–water partition coefficient (Wildman–Crippen LogP) is 2.12. The Labute approximate surface area is 139 Å². The molecule has 2 rings (SSSR count). The van der Waals surface area contributed by atoms with E-state index in [4.69, 9.17) is 9.15 Å². The molecule has 8 nitrogen and oxygen atoms in total. The Morgan fingerprint density at radius 1 is 1.21 bits per heavy atom. The van der Waals surface area contributed by atoms with Gasteiger partial charge in [0.1, 0.15) is 11.9 Å². The van der Waals surface area contributed by atoms with E-state index in [0.29, 0.717) is 11.4 Å². The van der Waals surface area contributed by atoms with Crippen molar-refractivity contribution in [3.63, 3.8) is 0 Å². The lowest BCUT2D eigenvalue weighted by Gasteiger charge is -2.14. The first kappa shape index (κ1) is 18.0. The summed E-state index contributed by atoms with van der Waals surface area (Å²) in [5.41, 5.74) is 0.422. The van der Waals surface area contributed by atoms with Crippen molar-refractivity contribution in [2.45, 2.75) is 11.0 Å². The zero-order valence-electron chi connectivity index (χ0n) is 13.2. The van der Waals surface area contributed by atoms with Crippen LogP contribution >= 0.6 is 0 Å². The normalized spacial score (nSPS) is 12.6. The van der Waals surface area contributed by atoms with E-state index in [1.54, 1.807) is 12.1 Å². The molecular formula is C15H18N2O6S. The number of amides is 1. The number of anilines is 1. The number of furan rings is 1. The van der Waals surface area contributed by atoms with E-state index >= 15 is 0 Å². The van der Waals surface area contributed by atoms with Gasteiger partial charge in [0.25, 0.3) is 0 Å². The first-order valence-electron chi connectivity index (χ1n) is 6.97. The Kier molecular flexibility index (Phi) is 5.96. The van der Waals surface area contributed by atoms with E-state index in [9.17, 15) is 13.2 Å². The van der Waals surface area contributed by atoms with Crippen molar-refractivity contribution in [2.24, 2.45) is 0 Å². The van der Waals surface area contributed by atoms with Crippen molar-refractivity contribution in [2.75, 3.05) is 26.1 Å². The van der Waals surface area contributed by atoms with Gasteiger partial charge in [0, 0.05) is 19.3 Å². The van der Waals surface area contributed by atoms with Crippen LogP contribution in [0.25, 0.3) is 0 Å². The Morgan fingerprint density at radius 3 is 2.46 bits per heavy atom. The Bertz CT molecular complexity index is 756. The maximum atomic E-state index is 12.3. The number of carbonyl (C=O) groups is 1. The van der Waals surface area contributed by atoms with E-state index < -0.39 is 22.2 Å². The summed E-state index contributed by atoms with van der Waals surface area (Å²) in [4.78, 5) is 11.2. The van der Waals surface area contributed by atoms with E-state index in [1.807, 2.05) is 0 Å². The van der Waals surface area contributed by atoms with Crippen LogP contribution in [0.2, 0.25) is 0 Å². The molecule has 24 heavy (non-hydrogen) atoms. The molecule has 1 aromatic heterocycles. The molecule has 1 unspecified atom stereocenters. The molecule has 1 heterocycles. The van der Waals surface area contributed by atoms with Crippen LogP contribution in [0.4, 0.5) is 10.5 Å². The first-order chi connectivity index (χ1) is 11.5. The molecule has 0 saturated heterocycles. The molecule has 2 N–H and O–H groups in total. The summed E-state index contributed by atoms with van der Waals surface area (Å²) >= 11 is 0. The average molecular weight is 354 g/mol. The van der Waals surface area contributed by atoms with E-state index in [0.717, 1.165) is 0 Å². The molecule has 0 fully saturated rings. The molecule has 0 aliphatic rings. The van der Waals surface area contributed by atoms with Crippen LogP contribution in [0, 0.1) is 0 Å². The van der Waals surface area contributed by atoms with Crippen molar-refractivity contribution in [1.82, 2.24) is 4.72 Å². The summed E-state index contributed by atoms with van der Waals surface area (Å²) < 4.78 is 42.0. The molecule has 0 bridgehead atoms. The Hall–Kier alpha value is -2.36. The maximum absolute atomic E-state index is 12.3. The fraction of sp³-hybridized carbons (Fsp3) is 0.267. The quantitative estimate of drug-likeness (QED) is 0.789. The molecule has 0 saturated carbocycles. The minimum Gasteiger partial charge on any atom is -0.467 e. The molecule has 1 atom stereocenters. The SMILES string of the molecule is COC(=O)Nc1ccc(S(=O)(=O)NCC(OC)c2ccco2)cc1. The number of nitrogens with one attached hydrogen (secondary N) is 2. The molecule has 1 aromatic carbocycles. The van der Waals surface area contributed by atoms with Gasteiger partial charge >= 0.3 is 6.09 Å². The molecule has 0 aliphatic carbocycles. The van der Waals surface area contributed by atoms with E-state index in [-0.39, 0.29) is 11.4 Å². The van der Waals surface area contributed by atoms with Crippen LogP contribution in [0.3, 0.4) is 0 Å². The molecule has 1 amide bonds. The molecule has 0 spiro atoms. The van der Waals surface area contributed by atoms with Crippen molar-refractivity contribution in [3.8, 4) is 0 Å². The fourth-order valence-corrected chi connectivity index (χ4v) is 2.96. The number of rotatable bonds is 7. The number of benzene rings is 1. The topological polar surface area (TPSA) is 107 Å². The summed E-state index contributed by atoms with van der Waals surface area (Å²) in [5.74, 6) is 0.526. The summed E-state index contributed by atoms with van der Waals surface area (Å²) in [6.07, 6.45) is 0.322. The van der Waals surface area contributed by atoms with Crippen molar-refractivity contribution in [3.05, 3.63) is 48.4 Å². The summed E-state index contributed by atoms with van der Waals surface area (Å²) in [5, 5.41) is 2.44. The largest absolute Gasteiger partial charge is 0.467 e. The van der Waals surface area contributed by atoms with Crippen LogP contribution in [0.1, 0.15) is 11.9 Å². The van der Waals surface area contributed by atoms with Crippen molar-refractivity contribution >= 4 is 21.8 Å². The molecule has 2 aromatic rings. The highest BCUT2D eigenvalue weighted by atomic mass is 32.2. The lowest BCUT2D eigenvalue weighted by molar-refractivity contribution is 0.0878. The lowest BCUT2D eigenvalue weighted by atomic mass is 10.3. The maximum Gasteiger partial charge on any atom is 0.411 e. The van der Waals surface area contributed by atoms with Gasteiger partial charge in [0.15, 0.2) is 0 Å². The number of hydrogen-bond acceptors (Lipinski definition) is 6. The third kappa shape index (κ3) is 4.57. The lowest BCUT2D eigenvalue weighted by Crippen LogP contribution is -2.29. The standard InChI is InChI=1S/C15H18N2O6S/c1-21-14(13-4-3-9-23-13)10-16-24(19,20)12-7-5-11(6-8-12)17-15(18)22-2/h3-9,14,16H,10H2,1-2H3,(H,17,18). The number of sulfonamides is 1. The number of ether oxygens (including phenoxy) is 2. The van der Waals surface area contributed by atoms with Crippen LogP contribution in [0.15, 0.2) is 52.0 Å². The zero-order chi connectivity index (χ0) is 17.6. The van der Waals surface area contributed by atoms with Crippen LogP contribution < -0.4 is 10.0 Å². The van der Waals surface area contributed by atoms with Gasteiger partial charge in [0.2, 0.25) is 10.0 Å². The minimum absolute atomic E-state index is 0.0223. The van der Waals surface area contributed by atoms with Gasteiger partial charge in [-0.1, -0.05) is 0 Å². The number of methoxy groups -OCH3 is 2. The van der Waals surface area contributed by atoms with Crippen LogP contribution in [-0.2, 0) is 19.5 Å². The monoisotopic (exact) mass is 354 g/mol. The van der Waals surface area contributed by atoms with Crippen LogP contribution in [-0.4, -0.2) is 35.3 Å². The number of hydrogen-bond donors (Lipinski definition) is 2. The zero-order valence-corrected chi connectivity index (χ0v) is 14.0. The van der Waals surface area contributed by atoms with Crippen LogP contribution in [0.5, 0.6) is 0 Å². The Balaban J connectivity index is 2.03. The highest BCUT2D eigenvalue weighted by molar-refractivity contribution is 7.89. The summed E-state index contributed by atoms with van der Waals surface area (Å²) in [6, 6.07) is 9.08. The van der Waals surface area contributed by atoms with Gasteiger partial charge in [-0.25, -0.2) is 17.9 Å². The van der Waals surface area contributed by atoms with Gasteiger partial charge in [-0.05, 0) is 36.4 Å². The molecule has 0 radical (unpaired) electrons. The van der Waals surface area contributed by atoms with E-state index in [1.165, 1.54) is 44.7 Å². The van der Waals surface area contributed by atoms with Gasteiger partial charge in [-0.15, -0.1) is 0 Å². The third-order valence-corrected chi connectivity index (χ3v) is 4.64. The second-order valence-corrected chi connectivity index (χ2v) is 6.50. The minimum atomic E-state index is -3.72. The highest BCUT2D eigenvalue weighted by Gasteiger charge is 2.19. The van der Waals surface area contributed by atoms with Crippen molar-refractivity contribution in [1.29, 1.82) is 0 Å². The predicted molar refractivity (Wildman–Crippen MR) is 86.1 cm³/mol. The molecule has 130 valence electrons. The van der Waals surface area contributed by atoms with Gasteiger partial charge in [-0.2, -0.15) is 0 Å². The fourth-order valence-electron chi connectivity index (χ4n) is 1.93. The smallest absolute Gasteiger partial charge is 0.411 e. The van der Waals surface area contributed by atoms with Gasteiger partial charge in [0.05, 0.1) is 18.3 Å². The first-order valence-corrected chi connectivity index (χ1v) is 8.45. The average Bonchev–Trinajstić information content (AvgIpc) is 3.10. The van der Waals surface area contributed by atoms with E-state index in [2.05, 4.69) is 14.8 Å². The number of carbonyl (C=O) groups excluding carboxylic acids is 1. The van der Waals surface area contributed by atoms with Crippen molar-refractivity contribution < 1.29 is 27.1 Å². The Morgan fingerprint density at radius 2 is 1.92 bits per heavy atom.